The van der Waals surface area contributed by atoms with Crippen LogP contribution in [0.15, 0.2) is 24.5 Å². The molecular weight excluding hydrogens is 272 g/mol. The lowest BCUT2D eigenvalue weighted by Gasteiger charge is -2.15. The van der Waals surface area contributed by atoms with Crippen LogP contribution in [0, 0.1) is 4.64 Å². The van der Waals surface area contributed by atoms with Gasteiger partial charge in [-0.25, -0.2) is 4.98 Å². The number of rotatable bonds is 5. The lowest BCUT2D eigenvalue weighted by atomic mass is 10.0. The molecule has 0 atom stereocenters. The minimum atomic E-state index is 0.619. The minimum Gasteiger partial charge on any atom is -0.496 e. The molecule has 0 spiro atoms. The van der Waals surface area contributed by atoms with Crippen LogP contribution < -0.4 is 9.47 Å². The molecule has 0 aliphatic rings. The summed E-state index contributed by atoms with van der Waals surface area (Å²) in [5.74, 6) is 1.50. The Bertz CT molecular complexity index is 630. The third-order valence-corrected chi connectivity index (χ3v) is 3.48. The standard InChI is InChI=1S/C15H18N2O2S/c1-4-6-10-14(16-9-17-15(10)20)13-11(18-2)7-5-8-12(13)19-3/h5,7-9H,4,6H2,1-3H3,(H,16,17,20). The average molecular weight is 290 g/mol. The summed E-state index contributed by atoms with van der Waals surface area (Å²) < 4.78 is 11.5. The SMILES string of the molecule is CCCc1c(-c2c(OC)cccc2OC)[nH]cnc1=S. The molecule has 0 fully saturated rings. The van der Waals surface area contributed by atoms with Gasteiger partial charge in [0.25, 0.3) is 0 Å². The van der Waals surface area contributed by atoms with Gasteiger partial charge in [0.15, 0.2) is 0 Å². The molecule has 0 bridgehead atoms. The molecule has 0 saturated heterocycles. The second kappa shape index (κ2) is 6.52. The number of hydrogen-bond donors (Lipinski definition) is 1. The molecule has 4 nitrogen and oxygen atoms in total. The molecule has 0 aliphatic heterocycles. The van der Waals surface area contributed by atoms with Gasteiger partial charge in [-0.15, -0.1) is 0 Å². The Labute approximate surface area is 123 Å². The van der Waals surface area contributed by atoms with Crippen LogP contribution in [0.3, 0.4) is 0 Å². The Morgan fingerprint density at radius 2 is 1.85 bits per heavy atom. The second-order valence-corrected chi connectivity index (χ2v) is 4.74. The van der Waals surface area contributed by atoms with Crippen molar-refractivity contribution in [3.63, 3.8) is 0 Å². The van der Waals surface area contributed by atoms with E-state index in [1.165, 1.54) is 0 Å². The topological polar surface area (TPSA) is 47.1 Å². The lowest BCUT2D eigenvalue weighted by Crippen LogP contribution is -2.00. The maximum Gasteiger partial charge on any atom is 0.133 e. The van der Waals surface area contributed by atoms with Gasteiger partial charge in [-0.3, -0.25) is 0 Å². The van der Waals surface area contributed by atoms with Crippen LogP contribution in [0.25, 0.3) is 11.3 Å². The number of nitrogens with one attached hydrogen (secondary N) is 1. The van der Waals surface area contributed by atoms with Gasteiger partial charge in [0.2, 0.25) is 0 Å². The van der Waals surface area contributed by atoms with E-state index in [0.717, 1.165) is 41.2 Å². The zero-order valence-electron chi connectivity index (χ0n) is 11.9. The largest absolute Gasteiger partial charge is 0.496 e. The fraction of sp³-hybridized carbons (Fsp3) is 0.333. The summed E-state index contributed by atoms with van der Waals surface area (Å²) in [4.78, 5) is 7.36. The number of hydrogen-bond acceptors (Lipinski definition) is 4. The molecular formula is C15H18N2O2S. The Hall–Kier alpha value is -1.88. The number of ether oxygens (including phenoxy) is 2. The third-order valence-electron chi connectivity index (χ3n) is 3.13. The Balaban J connectivity index is 2.74. The summed E-state index contributed by atoms with van der Waals surface area (Å²) in [5.41, 5.74) is 2.82. The van der Waals surface area contributed by atoms with Crippen LogP contribution in [0.4, 0.5) is 0 Å². The second-order valence-electron chi connectivity index (χ2n) is 4.35. The van der Waals surface area contributed by atoms with Crippen LogP contribution in [-0.2, 0) is 6.42 Å². The first-order valence-corrected chi connectivity index (χ1v) is 6.91. The minimum absolute atomic E-state index is 0.619. The Morgan fingerprint density at radius 1 is 1.20 bits per heavy atom. The Kier molecular flexibility index (Phi) is 4.74. The first-order chi connectivity index (χ1) is 9.72. The van der Waals surface area contributed by atoms with E-state index in [4.69, 9.17) is 21.7 Å². The van der Waals surface area contributed by atoms with Gasteiger partial charge >= 0.3 is 0 Å². The van der Waals surface area contributed by atoms with Crippen molar-refractivity contribution >= 4 is 12.2 Å². The summed E-state index contributed by atoms with van der Waals surface area (Å²) >= 11 is 5.35. The van der Waals surface area contributed by atoms with Crippen molar-refractivity contribution in [3.8, 4) is 22.8 Å². The lowest BCUT2D eigenvalue weighted by molar-refractivity contribution is 0.397. The highest BCUT2D eigenvalue weighted by atomic mass is 32.1. The van der Waals surface area contributed by atoms with Crippen LogP contribution in [0.5, 0.6) is 11.5 Å². The molecule has 106 valence electrons. The van der Waals surface area contributed by atoms with Crippen molar-refractivity contribution in [2.24, 2.45) is 0 Å². The molecule has 0 radical (unpaired) electrons. The molecule has 0 amide bonds. The first kappa shape index (κ1) is 14.5. The van der Waals surface area contributed by atoms with Crippen molar-refractivity contribution in [1.29, 1.82) is 0 Å². The highest BCUT2D eigenvalue weighted by Crippen LogP contribution is 2.38. The molecule has 2 aromatic rings. The van der Waals surface area contributed by atoms with E-state index < -0.39 is 0 Å². The molecule has 0 unspecified atom stereocenters. The molecule has 1 aromatic heterocycles. The molecule has 0 aliphatic carbocycles. The van der Waals surface area contributed by atoms with Crippen LogP contribution in [0.1, 0.15) is 18.9 Å². The van der Waals surface area contributed by atoms with Gasteiger partial charge in [-0.1, -0.05) is 31.6 Å². The van der Waals surface area contributed by atoms with Crippen LogP contribution in [0.2, 0.25) is 0 Å². The number of methoxy groups -OCH3 is 2. The summed E-state index contributed by atoms with van der Waals surface area (Å²) in [7, 11) is 3.29. The number of H-pyrrole nitrogens is 1. The smallest absolute Gasteiger partial charge is 0.133 e. The van der Waals surface area contributed by atoms with Gasteiger partial charge in [0.1, 0.15) is 16.1 Å². The summed E-state index contributed by atoms with van der Waals surface area (Å²) in [5, 5.41) is 0. The van der Waals surface area contributed by atoms with Crippen LogP contribution in [-0.4, -0.2) is 24.2 Å². The van der Waals surface area contributed by atoms with Crippen molar-refractivity contribution in [2.45, 2.75) is 19.8 Å². The highest BCUT2D eigenvalue weighted by molar-refractivity contribution is 7.71. The summed E-state index contributed by atoms with van der Waals surface area (Å²) in [6.07, 6.45) is 3.47. The predicted molar refractivity (Wildman–Crippen MR) is 82.0 cm³/mol. The van der Waals surface area contributed by atoms with Crippen LogP contribution >= 0.6 is 12.2 Å². The van der Waals surface area contributed by atoms with E-state index in [-0.39, 0.29) is 0 Å². The monoisotopic (exact) mass is 290 g/mol. The Morgan fingerprint density at radius 3 is 2.40 bits per heavy atom. The highest BCUT2D eigenvalue weighted by Gasteiger charge is 2.17. The van der Waals surface area contributed by atoms with E-state index in [0.29, 0.717) is 4.64 Å². The van der Waals surface area contributed by atoms with Crippen molar-refractivity contribution in [3.05, 3.63) is 34.7 Å². The average Bonchev–Trinajstić information content (AvgIpc) is 2.48. The number of benzene rings is 1. The van der Waals surface area contributed by atoms with E-state index in [9.17, 15) is 0 Å². The molecule has 1 N–H and O–H groups in total. The van der Waals surface area contributed by atoms with Crippen molar-refractivity contribution in [2.75, 3.05) is 14.2 Å². The summed E-state index contributed by atoms with van der Waals surface area (Å²) in [6.45, 7) is 2.12. The molecule has 1 heterocycles. The van der Waals surface area contributed by atoms with E-state index in [1.807, 2.05) is 18.2 Å². The number of aromatic nitrogens is 2. The molecule has 0 saturated carbocycles. The quantitative estimate of drug-likeness (QED) is 0.851. The zero-order chi connectivity index (χ0) is 14.5. The van der Waals surface area contributed by atoms with Gasteiger partial charge in [-0.2, -0.15) is 0 Å². The third kappa shape index (κ3) is 2.67. The first-order valence-electron chi connectivity index (χ1n) is 6.50. The van der Waals surface area contributed by atoms with Gasteiger partial charge in [0.05, 0.1) is 31.8 Å². The van der Waals surface area contributed by atoms with Crippen molar-refractivity contribution < 1.29 is 9.47 Å². The van der Waals surface area contributed by atoms with Crippen molar-refractivity contribution in [1.82, 2.24) is 9.97 Å². The number of nitrogens with zero attached hydrogens (tertiary/aromatic N) is 1. The normalized spacial score (nSPS) is 10.3. The van der Waals surface area contributed by atoms with Gasteiger partial charge < -0.3 is 14.5 Å². The molecule has 20 heavy (non-hydrogen) atoms. The fourth-order valence-electron chi connectivity index (χ4n) is 2.23. The molecule has 2 rings (SSSR count). The van der Waals surface area contributed by atoms with E-state index >= 15 is 0 Å². The summed E-state index contributed by atoms with van der Waals surface area (Å²) in [6, 6.07) is 5.71. The molecule has 1 aromatic carbocycles. The number of aromatic amines is 1. The van der Waals surface area contributed by atoms with Gasteiger partial charge in [0, 0.05) is 5.56 Å². The fourth-order valence-corrected chi connectivity index (χ4v) is 2.49. The molecule has 5 heteroatoms. The zero-order valence-corrected chi connectivity index (χ0v) is 12.7. The van der Waals surface area contributed by atoms with E-state index in [2.05, 4.69) is 16.9 Å². The van der Waals surface area contributed by atoms with E-state index in [1.54, 1.807) is 20.5 Å². The maximum atomic E-state index is 5.46. The maximum absolute atomic E-state index is 5.46. The van der Waals surface area contributed by atoms with Gasteiger partial charge in [-0.05, 0) is 18.6 Å². The predicted octanol–water partition coefficient (Wildman–Crippen LogP) is 3.78.